The standard InChI is InChI=1S/C20H23BrN2O2/c21-17-6-10-19(11-7-17)25-15-20(24)22-18-8-4-16(5-9-18)14-23-12-2-1-3-13-23/h4-11H,1-3,12-15H2,(H,22,24)/p+1. The molecule has 2 aromatic rings. The summed E-state index contributed by atoms with van der Waals surface area (Å²) in [7, 11) is 0. The Labute approximate surface area is 157 Å². The molecule has 2 N–H and O–H groups in total. The average molecular weight is 404 g/mol. The van der Waals surface area contributed by atoms with E-state index < -0.39 is 0 Å². The SMILES string of the molecule is O=C(COc1ccc(Br)cc1)Nc1ccc(C[NH+]2CCCCC2)cc1. The second-order valence-corrected chi connectivity index (χ2v) is 7.39. The molecule has 5 heteroatoms. The van der Waals surface area contributed by atoms with E-state index in [1.165, 1.54) is 37.9 Å². The van der Waals surface area contributed by atoms with Crippen molar-refractivity contribution in [3.8, 4) is 5.75 Å². The Balaban J connectivity index is 1.45. The minimum absolute atomic E-state index is 0.00130. The minimum atomic E-state index is -0.155. The molecular formula is C20H24BrN2O2+. The molecule has 0 bridgehead atoms. The second-order valence-electron chi connectivity index (χ2n) is 6.48. The highest BCUT2D eigenvalue weighted by molar-refractivity contribution is 9.10. The third kappa shape index (κ3) is 5.87. The Kier molecular flexibility index (Phi) is 6.48. The maximum atomic E-state index is 12.0. The van der Waals surface area contributed by atoms with Crippen LogP contribution in [0.5, 0.6) is 5.75 Å². The van der Waals surface area contributed by atoms with E-state index in [9.17, 15) is 4.79 Å². The lowest BCUT2D eigenvalue weighted by atomic mass is 10.1. The number of ether oxygens (including phenoxy) is 1. The Morgan fingerprint density at radius 1 is 1.00 bits per heavy atom. The van der Waals surface area contributed by atoms with Crippen LogP contribution in [0, 0.1) is 0 Å². The molecule has 1 aliphatic heterocycles. The summed E-state index contributed by atoms with van der Waals surface area (Å²) in [6.07, 6.45) is 4.04. The Bertz CT molecular complexity index is 680. The van der Waals surface area contributed by atoms with Crippen LogP contribution in [0.25, 0.3) is 0 Å². The number of carbonyl (C=O) groups is 1. The number of rotatable bonds is 6. The lowest BCUT2D eigenvalue weighted by Gasteiger charge is -2.23. The van der Waals surface area contributed by atoms with Crippen molar-refractivity contribution in [3.05, 3.63) is 58.6 Å². The summed E-state index contributed by atoms with van der Waals surface area (Å²) in [5, 5.41) is 2.87. The summed E-state index contributed by atoms with van der Waals surface area (Å²) < 4.78 is 6.47. The first kappa shape index (κ1) is 18.0. The molecule has 0 aliphatic carbocycles. The molecule has 1 saturated heterocycles. The van der Waals surface area contributed by atoms with Gasteiger partial charge in [-0.2, -0.15) is 0 Å². The molecule has 2 aromatic carbocycles. The van der Waals surface area contributed by atoms with Gasteiger partial charge in [0.25, 0.3) is 5.91 Å². The third-order valence-electron chi connectivity index (χ3n) is 4.44. The van der Waals surface area contributed by atoms with Gasteiger partial charge in [0.15, 0.2) is 6.61 Å². The molecule has 0 atom stereocenters. The predicted molar refractivity (Wildman–Crippen MR) is 103 cm³/mol. The highest BCUT2D eigenvalue weighted by Crippen LogP contribution is 2.16. The smallest absolute Gasteiger partial charge is 0.262 e. The van der Waals surface area contributed by atoms with Gasteiger partial charge in [0.1, 0.15) is 12.3 Å². The van der Waals surface area contributed by atoms with E-state index in [0.717, 1.165) is 16.7 Å². The lowest BCUT2D eigenvalue weighted by molar-refractivity contribution is -0.918. The second kappa shape index (κ2) is 9.02. The molecule has 0 unspecified atom stereocenters. The van der Waals surface area contributed by atoms with Gasteiger partial charge in [-0.25, -0.2) is 0 Å². The van der Waals surface area contributed by atoms with Gasteiger partial charge in [-0.3, -0.25) is 4.79 Å². The van der Waals surface area contributed by atoms with E-state index in [1.807, 2.05) is 36.4 Å². The Morgan fingerprint density at radius 3 is 2.36 bits per heavy atom. The fraction of sp³-hybridized carbons (Fsp3) is 0.350. The summed E-state index contributed by atoms with van der Waals surface area (Å²) in [6, 6.07) is 15.6. The van der Waals surface area contributed by atoms with Crippen molar-refractivity contribution in [2.75, 3.05) is 25.0 Å². The fourth-order valence-corrected chi connectivity index (χ4v) is 3.36. The molecule has 4 nitrogen and oxygen atoms in total. The van der Waals surface area contributed by atoms with Gasteiger partial charge in [0.2, 0.25) is 0 Å². The normalized spacial score (nSPS) is 14.9. The molecule has 3 rings (SSSR count). The fourth-order valence-electron chi connectivity index (χ4n) is 3.10. The van der Waals surface area contributed by atoms with Crippen LogP contribution in [-0.4, -0.2) is 25.6 Å². The van der Waals surface area contributed by atoms with E-state index in [4.69, 9.17) is 4.74 Å². The third-order valence-corrected chi connectivity index (χ3v) is 4.96. The minimum Gasteiger partial charge on any atom is -0.484 e. The molecule has 1 aliphatic rings. The molecule has 132 valence electrons. The number of halogens is 1. The Morgan fingerprint density at radius 2 is 1.68 bits per heavy atom. The van der Waals surface area contributed by atoms with Crippen molar-refractivity contribution < 1.29 is 14.4 Å². The average Bonchev–Trinajstić information content (AvgIpc) is 2.64. The number of anilines is 1. The number of hydrogen-bond acceptors (Lipinski definition) is 2. The number of quaternary nitrogens is 1. The van der Waals surface area contributed by atoms with Gasteiger partial charge in [-0.05, 0) is 55.7 Å². The zero-order valence-corrected chi connectivity index (χ0v) is 15.8. The molecule has 1 fully saturated rings. The van der Waals surface area contributed by atoms with Crippen LogP contribution < -0.4 is 15.0 Å². The number of carbonyl (C=O) groups excluding carboxylic acids is 1. The van der Waals surface area contributed by atoms with Crippen molar-refractivity contribution in [1.82, 2.24) is 0 Å². The molecule has 1 amide bonds. The number of amides is 1. The first-order chi connectivity index (χ1) is 12.2. The van der Waals surface area contributed by atoms with Crippen LogP contribution in [0.15, 0.2) is 53.0 Å². The zero-order valence-electron chi connectivity index (χ0n) is 14.3. The molecule has 0 spiro atoms. The van der Waals surface area contributed by atoms with E-state index in [2.05, 4.69) is 33.4 Å². The largest absolute Gasteiger partial charge is 0.484 e. The van der Waals surface area contributed by atoms with Gasteiger partial charge in [-0.1, -0.05) is 28.1 Å². The van der Waals surface area contributed by atoms with Crippen molar-refractivity contribution in [2.24, 2.45) is 0 Å². The van der Waals surface area contributed by atoms with Crippen LogP contribution in [0.1, 0.15) is 24.8 Å². The zero-order chi connectivity index (χ0) is 17.5. The molecule has 0 radical (unpaired) electrons. The molecular weight excluding hydrogens is 380 g/mol. The molecule has 0 aromatic heterocycles. The van der Waals surface area contributed by atoms with Crippen LogP contribution in [0.3, 0.4) is 0 Å². The summed E-state index contributed by atoms with van der Waals surface area (Å²) >= 11 is 3.37. The number of likely N-dealkylation sites (tertiary alicyclic amines) is 1. The number of piperidine rings is 1. The lowest BCUT2D eigenvalue weighted by Crippen LogP contribution is -3.11. The van der Waals surface area contributed by atoms with Crippen molar-refractivity contribution in [1.29, 1.82) is 0 Å². The molecule has 25 heavy (non-hydrogen) atoms. The van der Waals surface area contributed by atoms with Crippen molar-refractivity contribution in [3.63, 3.8) is 0 Å². The summed E-state index contributed by atoms with van der Waals surface area (Å²) in [6.45, 7) is 3.61. The van der Waals surface area contributed by atoms with Gasteiger partial charge in [-0.15, -0.1) is 0 Å². The number of hydrogen-bond donors (Lipinski definition) is 2. The number of benzene rings is 2. The summed E-state index contributed by atoms with van der Waals surface area (Å²) in [5.41, 5.74) is 2.13. The van der Waals surface area contributed by atoms with Crippen molar-refractivity contribution in [2.45, 2.75) is 25.8 Å². The monoisotopic (exact) mass is 403 g/mol. The van der Waals surface area contributed by atoms with Gasteiger partial charge < -0.3 is 15.0 Å². The van der Waals surface area contributed by atoms with E-state index in [1.54, 1.807) is 4.90 Å². The predicted octanol–water partition coefficient (Wildman–Crippen LogP) is 3.04. The van der Waals surface area contributed by atoms with Crippen LogP contribution in [-0.2, 0) is 11.3 Å². The van der Waals surface area contributed by atoms with E-state index >= 15 is 0 Å². The maximum absolute atomic E-state index is 12.0. The van der Waals surface area contributed by atoms with Gasteiger partial charge in [0, 0.05) is 15.7 Å². The highest BCUT2D eigenvalue weighted by atomic mass is 79.9. The topological polar surface area (TPSA) is 42.8 Å². The maximum Gasteiger partial charge on any atom is 0.262 e. The highest BCUT2D eigenvalue weighted by Gasteiger charge is 2.13. The molecule has 0 saturated carbocycles. The first-order valence-electron chi connectivity index (χ1n) is 8.80. The number of nitrogens with one attached hydrogen (secondary N) is 2. The van der Waals surface area contributed by atoms with Crippen LogP contribution >= 0.6 is 15.9 Å². The van der Waals surface area contributed by atoms with Gasteiger partial charge in [0.05, 0.1) is 13.1 Å². The van der Waals surface area contributed by atoms with E-state index in [0.29, 0.717) is 5.75 Å². The van der Waals surface area contributed by atoms with E-state index in [-0.39, 0.29) is 12.5 Å². The summed E-state index contributed by atoms with van der Waals surface area (Å²) in [5.74, 6) is 0.524. The van der Waals surface area contributed by atoms with Gasteiger partial charge >= 0.3 is 0 Å². The first-order valence-corrected chi connectivity index (χ1v) is 9.59. The van der Waals surface area contributed by atoms with Crippen LogP contribution in [0.2, 0.25) is 0 Å². The summed E-state index contributed by atoms with van der Waals surface area (Å²) in [4.78, 5) is 13.7. The molecule has 1 heterocycles. The van der Waals surface area contributed by atoms with Crippen LogP contribution in [0.4, 0.5) is 5.69 Å². The van der Waals surface area contributed by atoms with Crippen molar-refractivity contribution >= 4 is 27.5 Å². The Hall–Kier alpha value is -1.85. The quantitative estimate of drug-likeness (QED) is 0.778.